The van der Waals surface area contributed by atoms with Crippen LogP contribution in [0.4, 0.5) is 0 Å². The van der Waals surface area contributed by atoms with E-state index in [1.54, 1.807) is 0 Å². The van der Waals surface area contributed by atoms with Gasteiger partial charge in [0.25, 0.3) is 0 Å². The minimum absolute atomic E-state index is 0.252. The van der Waals surface area contributed by atoms with Crippen LogP contribution in [0.1, 0.15) is 60.8 Å². The molecule has 0 aromatic rings. The van der Waals surface area contributed by atoms with Crippen LogP contribution < -0.4 is 10.6 Å². The Kier molecular flexibility index (Phi) is 13.1. The summed E-state index contributed by atoms with van der Waals surface area (Å²) in [5.74, 6) is 1.36. The van der Waals surface area contributed by atoms with Crippen molar-refractivity contribution in [3.05, 3.63) is 0 Å². The van der Waals surface area contributed by atoms with E-state index in [0.717, 1.165) is 51.4 Å². The van der Waals surface area contributed by atoms with Crippen molar-refractivity contribution in [1.82, 2.24) is 15.5 Å². The van der Waals surface area contributed by atoms with Crippen molar-refractivity contribution < 1.29 is 5.11 Å². The van der Waals surface area contributed by atoms with Gasteiger partial charge >= 0.3 is 0 Å². The lowest BCUT2D eigenvalue weighted by molar-refractivity contribution is 0.178. The first kappa shape index (κ1) is 22.2. The fraction of sp³-hybridized carbons (Fsp3) is 0.944. The molecule has 5 heteroatoms. The third kappa shape index (κ3) is 10.6. The van der Waals surface area contributed by atoms with Crippen LogP contribution in [-0.4, -0.2) is 60.8 Å². The number of nitrogens with one attached hydrogen (secondary N) is 2. The molecule has 23 heavy (non-hydrogen) atoms. The second kappa shape index (κ2) is 13.6. The summed E-state index contributed by atoms with van der Waals surface area (Å²) in [5, 5.41) is 15.9. The number of aliphatic hydroxyl groups is 1. The number of aliphatic hydroxyl groups excluding tert-OH is 1. The first-order chi connectivity index (χ1) is 11.0. The highest BCUT2D eigenvalue weighted by Gasteiger charge is 2.13. The fourth-order valence-corrected chi connectivity index (χ4v) is 2.90. The lowest BCUT2D eigenvalue weighted by Gasteiger charge is -2.30. The van der Waals surface area contributed by atoms with Crippen LogP contribution in [0.15, 0.2) is 4.99 Å². The van der Waals surface area contributed by atoms with E-state index in [0.29, 0.717) is 18.0 Å². The standard InChI is InChI=1S/C18H40N4O/c1-7-9-17(10-13-23)14-21-18(19-8-2)20-11-12-22(15(3)4)16(5)6/h15-17,23H,7-14H2,1-6H3,(H2,19,20,21). The molecular formula is C18H40N4O. The summed E-state index contributed by atoms with van der Waals surface area (Å²) in [6.45, 7) is 17.0. The molecule has 0 amide bonds. The van der Waals surface area contributed by atoms with Gasteiger partial charge in [-0.15, -0.1) is 0 Å². The van der Waals surface area contributed by atoms with Crippen molar-refractivity contribution in [2.24, 2.45) is 10.9 Å². The predicted molar refractivity (Wildman–Crippen MR) is 101 cm³/mol. The molecule has 0 rings (SSSR count). The second-order valence-corrected chi connectivity index (χ2v) is 6.74. The Balaban J connectivity index is 4.45. The van der Waals surface area contributed by atoms with Gasteiger partial charge < -0.3 is 15.7 Å². The van der Waals surface area contributed by atoms with Gasteiger partial charge in [-0.1, -0.05) is 13.3 Å². The quantitative estimate of drug-likeness (QED) is 0.380. The Hall–Kier alpha value is -0.810. The number of nitrogens with zero attached hydrogens (tertiary/aromatic N) is 2. The van der Waals surface area contributed by atoms with E-state index in [2.05, 4.69) is 57.1 Å². The minimum Gasteiger partial charge on any atom is -0.396 e. The van der Waals surface area contributed by atoms with Crippen molar-refractivity contribution in [3.8, 4) is 0 Å². The van der Waals surface area contributed by atoms with Gasteiger partial charge in [-0.05, 0) is 53.4 Å². The summed E-state index contributed by atoms with van der Waals surface area (Å²) in [7, 11) is 0. The zero-order chi connectivity index (χ0) is 17.7. The molecule has 1 atom stereocenters. The maximum atomic E-state index is 9.15. The second-order valence-electron chi connectivity index (χ2n) is 6.74. The molecule has 0 aliphatic carbocycles. The number of hydrogen-bond acceptors (Lipinski definition) is 3. The molecule has 0 heterocycles. The fourth-order valence-electron chi connectivity index (χ4n) is 2.90. The lowest BCUT2D eigenvalue weighted by atomic mass is 10.0. The number of rotatable bonds is 12. The van der Waals surface area contributed by atoms with Crippen LogP contribution in [0, 0.1) is 5.92 Å². The molecule has 138 valence electrons. The maximum absolute atomic E-state index is 9.15. The van der Waals surface area contributed by atoms with Gasteiger partial charge in [0.1, 0.15) is 0 Å². The van der Waals surface area contributed by atoms with Gasteiger partial charge in [0.05, 0.1) is 0 Å². The molecule has 0 fully saturated rings. The van der Waals surface area contributed by atoms with E-state index < -0.39 is 0 Å². The number of aliphatic imine (C=N–C) groups is 1. The van der Waals surface area contributed by atoms with Crippen LogP contribution in [0.3, 0.4) is 0 Å². The molecule has 0 radical (unpaired) electrons. The summed E-state index contributed by atoms with van der Waals surface area (Å²) < 4.78 is 0. The van der Waals surface area contributed by atoms with Crippen LogP contribution in [0.2, 0.25) is 0 Å². The van der Waals surface area contributed by atoms with Crippen molar-refractivity contribution in [3.63, 3.8) is 0 Å². The van der Waals surface area contributed by atoms with E-state index in [4.69, 9.17) is 10.1 Å². The van der Waals surface area contributed by atoms with Gasteiger partial charge in [0.15, 0.2) is 5.96 Å². The highest BCUT2D eigenvalue weighted by atomic mass is 16.3. The van der Waals surface area contributed by atoms with Crippen LogP contribution in [-0.2, 0) is 0 Å². The topological polar surface area (TPSA) is 59.9 Å². The SMILES string of the molecule is CCCC(CCO)CN=C(NCC)NCCN(C(C)C)C(C)C. The summed E-state index contributed by atoms with van der Waals surface area (Å²) in [6.07, 6.45) is 3.10. The smallest absolute Gasteiger partial charge is 0.191 e. The van der Waals surface area contributed by atoms with E-state index >= 15 is 0 Å². The van der Waals surface area contributed by atoms with Gasteiger partial charge in [-0.25, -0.2) is 0 Å². The molecule has 1 unspecified atom stereocenters. The van der Waals surface area contributed by atoms with Crippen LogP contribution in [0.5, 0.6) is 0 Å². The van der Waals surface area contributed by atoms with E-state index in [-0.39, 0.29) is 6.61 Å². The van der Waals surface area contributed by atoms with Gasteiger partial charge in [0.2, 0.25) is 0 Å². The monoisotopic (exact) mass is 328 g/mol. The van der Waals surface area contributed by atoms with E-state index in [1.807, 2.05) is 0 Å². The first-order valence-corrected chi connectivity index (χ1v) is 9.34. The van der Waals surface area contributed by atoms with Gasteiger partial charge in [-0.2, -0.15) is 0 Å². The number of hydrogen-bond donors (Lipinski definition) is 3. The Morgan fingerprint density at radius 2 is 1.70 bits per heavy atom. The highest BCUT2D eigenvalue weighted by Crippen LogP contribution is 2.11. The molecule has 0 spiro atoms. The molecule has 0 bridgehead atoms. The average molecular weight is 329 g/mol. The van der Waals surface area contributed by atoms with Gasteiger partial charge in [0, 0.05) is 44.9 Å². The molecule has 0 aromatic heterocycles. The summed E-state index contributed by atoms with van der Waals surface area (Å²) in [4.78, 5) is 7.18. The average Bonchev–Trinajstić information content (AvgIpc) is 2.48. The first-order valence-electron chi connectivity index (χ1n) is 9.34. The van der Waals surface area contributed by atoms with Gasteiger partial charge in [-0.3, -0.25) is 9.89 Å². The summed E-state index contributed by atoms with van der Waals surface area (Å²) in [5.41, 5.74) is 0. The highest BCUT2D eigenvalue weighted by molar-refractivity contribution is 5.79. The molecule has 0 aromatic carbocycles. The Morgan fingerprint density at radius 1 is 1.04 bits per heavy atom. The molecule has 0 aliphatic rings. The lowest BCUT2D eigenvalue weighted by Crippen LogP contribution is -2.45. The van der Waals surface area contributed by atoms with E-state index in [1.165, 1.54) is 0 Å². The molecule has 0 saturated heterocycles. The maximum Gasteiger partial charge on any atom is 0.191 e. The Bertz CT molecular complexity index is 291. The zero-order valence-corrected chi connectivity index (χ0v) is 16.2. The van der Waals surface area contributed by atoms with Crippen LogP contribution in [0.25, 0.3) is 0 Å². The minimum atomic E-state index is 0.252. The number of guanidine groups is 1. The van der Waals surface area contributed by atoms with Crippen molar-refractivity contribution in [1.29, 1.82) is 0 Å². The zero-order valence-electron chi connectivity index (χ0n) is 16.2. The van der Waals surface area contributed by atoms with Crippen LogP contribution >= 0.6 is 0 Å². The third-order valence-corrected chi connectivity index (χ3v) is 4.08. The molecule has 5 nitrogen and oxygen atoms in total. The van der Waals surface area contributed by atoms with E-state index in [9.17, 15) is 0 Å². The largest absolute Gasteiger partial charge is 0.396 e. The van der Waals surface area contributed by atoms with Crippen molar-refractivity contribution >= 4 is 5.96 Å². The van der Waals surface area contributed by atoms with Crippen molar-refractivity contribution in [2.75, 3.05) is 32.8 Å². The summed E-state index contributed by atoms with van der Waals surface area (Å²) >= 11 is 0. The Labute approximate surface area is 143 Å². The summed E-state index contributed by atoms with van der Waals surface area (Å²) in [6, 6.07) is 1.10. The third-order valence-electron chi connectivity index (χ3n) is 4.08. The predicted octanol–water partition coefficient (Wildman–Crippen LogP) is 2.46. The normalized spacial score (nSPS) is 13.9. The van der Waals surface area contributed by atoms with Crippen molar-refractivity contribution in [2.45, 2.75) is 72.9 Å². The molecular weight excluding hydrogens is 288 g/mol. The molecule has 0 aliphatic heterocycles. The molecule has 3 N–H and O–H groups in total. The Morgan fingerprint density at radius 3 is 2.17 bits per heavy atom. The molecule has 0 saturated carbocycles.